The highest BCUT2D eigenvalue weighted by Crippen LogP contribution is 2.30. The van der Waals surface area contributed by atoms with E-state index in [0.717, 1.165) is 5.70 Å². The standard InChI is InChI=1S/C12H15FO3.C8H11FN2.C2H2/c1-7-10(14)6-11(16-7)12(15)8-2-4-9(13)5-3-8;1-2-11-8-4-3-7(9)6(8)5-10;1-2/h2-5,7,10-12,14-15H,6H2,1H3;2-3H,4-5,10H2,1H3;1-2H/t7-,10+,11-,12-;;/m0../s1. The van der Waals surface area contributed by atoms with Gasteiger partial charge in [-0.2, -0.15) is 0 Å². The van der Waals surface area contributed by atoms with Crippen molar-refractivity contribution in [1.29, 1.82) is 0 Å². The van der Waals surface area contributed by atoms with E-state index in [0.29, 0.717) is 24.0 Å². The molecule has 7 heteroatoms. The van der Waals surface area contributed by atoms with Crippen molar-refractivity contribution < 1.29 is 23.7 Å². The number of allylic oxidation sites excluding steroid dienone is 1. The minimum atomic E-state index is -0.819. The van der Waals surface area contributed by atoms with Crippen molar-refractivity contribution in [2.24, 2.45) is 10.7 Å². The van der Waals surface area contributed by atoms with Gasteiger partial charge in [-0.1, -0.05) is 12.1 Å². The molecule has 3 rings (SSSR count). The monoisotopic (exact) mass is 406 g/mol. The molecule has 4 N–H and O–H groups in total. The van der Waals surface area contributed by atoms with Crippen LogP contribution in [0.5, 0.6) is 0 Å². The Morgan fingerprint density at radius 1 is 1.31 bits per heavy atom. The minimum absolute atomic E-state index is 0.215. The van der Waals surface area contributed by atoms with E-state index in [2.05, 4.69) is 17.8 Å². The van der Waals surface area contributed by atoms with Crippen molar-refractivity contribution in [2.45, 2.75) is 51.1 Å². The summed E-state index contributed by atoms with van der Waals surface area (Å²) in [6, 6.07) is 5.65. The summed E-state index contributed by atoms with van der Waals surface area (Å²) in [5, 5.41) is 19.5. The first kappa shape index (κ1) is 24.7. The third-order valence-electron chi connectivity index (χ3n) is 4.57. The number of hydrogen-bond acceptors (Lipinski definition) is 5. The van der Waals surface area contributed by atoms with E-state index in [1.54, 1.807) is 20.1 Å². The second-order valence-corrected chi connectivity index (χ2v) is 6.45. The molecule has 1 heterocycles. The van der Waals surface area contributed by atoms with Gasteiger partial charge in [-0.05, 0) is 37.6 Å². The molecule has 0 bridgehead atoms. The molecule has 158 valence electrons. The fourth-order valence-corrected chi connectivity index (χ4v) is 3.00. The van der Waals surface area contributed by atoms with Gasteiger partial charge in [0.2, 0.25) is 0 Å². The highest BCUT2D eigenvalue weighted by atomic mass is 19.1. The molecule has 1 aromatic rings. The quantitative estimate of drug-likeness (QED) is 0.529. The highest BCUT2D eigenvalue weighted by molar-refractivity contribution is 5.57. The van der Waals surface area contributed by atoms with Crippen LogP contribution in [0.15, 0.2) is 52.4 Å². The summed E-state index contributed by atoms with van der Waals surface area (Å²) in [7, 11) is 0. The molecule has 4 atom stereocenters. The second-order valence-electron chi connectivity index (χ2n) is 6.45. The lowest BCUT2D eigenvalue weighted by molar-refractivity contribution is -0.0380. The molecule has 1 fully saturated rings. The molecule has 0 spiro atoms. The molecule has 1 aromatic carbocycles. The molecular weight excluding hydrogens is 378 g/mol. The molecular formula is C22H28F2N2O3. The molecule has 0 aromatic heterocycles. The van der Waals surface area contributed by atoms with Gasteiger partial charge in [0.15, 0.2) is 0 Å². The zero-order chi connectivity index (χ0) is 22.0. The Labute approximate surface area is 170 Å². The predicted octanol–water partition coefficient (Wildman–Crippen LogP) is 3.19. The molecule has 5 nitrogen and oxygen atoms in total. The van der Waals surface area contributed by atoms with E-state index in [1.165, 1.54) is 30.3 Å². The van der Waals surface area contributed by atoms with Crippen LogP contribution >= 0.6 is 0 Å². The van der Waals surface area contributed by atoms with Crippen LogP contribution in [0.25, 0.3) is 0 Å². The number of benzene rings is 1. The van der Waals surface area contributed by atoms with Gasteiger partial charge in [-0.15, -0.1) is 12.8 Å². The molecule has 1 aliphatic heterocycles. The van der Waals surface area contributed by atoms with E-state index in [1.807, 2.05) is 0 Å². The normalized spacial score (nSPS) is 24.4. The number of rotatable bonds is 4. The first-order valence-electron chi connectivity index (χ1n) is 9.24. The Morgan fingerprint density at radius 3 is 2.41 bits per heavy atom. The van der Waals surface area contributed by atoms with Gasteiger partial charge in [-0.3, -0.25) is 4.99 Å². The minimum Gasteiger partial charge on any atom is -0.390 e. The number of ether oxygens (including phenoxy) is 1. The lowest BCUT2D eigenvalue weighted by Gasteiger charge is -2.18. The van der Waals surface area contributed by atoms with Gasteiger partial charge in [0.05, 0.1) is 24.0 Å². The van der Waals surface area contributed by atoms with Crippen LogP contribution in [-0.2, 0) is 4.74 Å². The summed E-state index contributed by atoms with van der Waals surface area (Å²) in [6.45, 7) is 3.80. The number of terminal acetylenes is 1. The first-order chi connectivity index (χ1) is 13.9. The van der Waals surface area contributed by atoms with E-state index >= 15 is 0 Å². The number of aliphatic hydroxyl groups is 2. The predicted molar refractivity (Wildman–Crippen MR) is 110 cm³/mol. The number of aliphatic imine (C=N–C) groups is 1. The Hall–Kier alpha value is -2.37. The summed E-state index contributed by atoms with van der Waals surface area (Å²) >= 11 is 0. The number of halogens is 2. The number of hydrogen-bond donors (Lipinski definition) is 3. The summed E-state index contributed by atoms with van der Waals surface area (Å²) in [4.78, 5) is 4.01. The lowest BCUT2D eigenvalue weighted by Crippen LogP contribution is -2.18. The average Bonchev–Trinajstić information content (AvgIpc) is 3.25. The SMILES string of the molecule is C#C.CC=NC1=C(CN)C(F)=CC1.C[C@@H]1O[C@H]([C@@H](O)c2ccc(F)cc2)C[C@H]1O. The number of nitrogens with zero attached hydrogens (tertiary/aromatic N) is 1. The van der Waals surface area contributed by atoms with E-state index in [9.17, 15) is 19.0 Å². The van der Waals surface area contributed by atoms with Gasteiger partial charge in [0, 0.05) is 31.2 Å². The van der Waals surface area contributed by atoms with Gasteiger partial charge in [0.1, 0.15) is 17.7 Å². The fraction of sp³-hybridized carbons (Fsp3) is 0.409. The maximum atomic E-state index is 12.8. The zero-order valence-electron chi connectivity index (χ0n) is 16.6. The van der Waals surface area contributed by atoms with Crippen molar-refractivity contribution in [1.82, 2.24) is 0 Å². The zero-order valence-corrected chi connectivity index (χ0v) is 16.6. The molecule has 29 heavy (non-hydrogen) atoms. The Kier molecular flexibility index (Phi) is 10.4. The van der Waals surface area contributed by atoms with Crippen molar-refractivity contribution in [3.8, 4) is 12.8 Å². The molecule has 0 unspecified atom stereocenters. The van der Waals surface area contributed by atoms with Crippen molar-refractivity contribution in [3.05, 3.63) is 58.8 Å². The molecule has 1 saturated heterocycles. The van der Waals surface area contributed by atoms with Gasteiger partial charge < -0.3 is 20.7 Å². The largest absolute Gasteiger partial charge is 0.390 e. The van der Waals surface area contributed by atoms with Crippen LogP contribution in [0.1, 0.15) is 38.4 Å². The summed E-state index contributed by atoms with van der Waals surface area (Å²) in [5.41, 5.74) is 7.24. The third kappa shape index (κ3) is 6.87. The maximum Gasteiger partial charge on any atom is 0.125 e. The van der Waals surface area contributed by atoms with Crippen LogP contribution in [-0.4, -0.2) is 41.3 Å². The fourth-order valence-electron chi connectivity index (χ4n) is 3.00. The van der Waals surface area contributed by atoms with Crippen molar-refractivity contribution in [3.63, 3.8) is 0 Å². The van der Waals surface area contributed by atoms with E-state index in [-0.39, 0.29) is 24.3 Å². The third-order valence-corrected chi connectivity index (χ3v) is 4.57. The van der Waals surface area contributed by atoms with Crippen molar-refractivity contribution in [2.75, 3.05) is 6.54 Å². The van der Waals surface area contributed by atoms with Crippen LogP contribution in [0.3, 0.4) is 0 Å². The topological polar surface area (TPSA) is 88.1 Å². The van der Waals surface area contributed by atoms with Crippen LogP contribution in [0.2, 0.25) is 0 Å². The smallest absolute Gasteiger partial charge is 0.125 e. The summed E-state index contributed by atoms with van der Waals surface area (Å²) in [6.07, 6.45) is 10.1. The van der Waals surface area contributed by atoms with Crippen molar-refractivity contribution >= 4 is 6.21 Å². The molecule has 1 aliphatic carbocycles. The van der Waals surface area contributed by atoms with E-state index in [4.69, 9.17) is 10.5 Å². The van der Waals surface area contributed by atoms with Crippen LogP contribution < -0.4 is 5.73 Å². The number of nitrogens with two attached hydrogens (primary N) is 1. The van der Waals surface area contributed by atoms with Gasteiger partial charge >= 0.3 is 0 Å². The second kappa shape index (κ2) is 12.2. The van der Waals surface area contributed by atoms with Gasteiger partial charge in [-0.25, -0.2) is 8.78 Å². The van der Waals surface area contributed by atoms with Crippen LogP contribution in [0.4, 0.5) is 8.78 Å². The molecule has 2 aliphatic rings. The van der Waals surface area contributed by atoms with Gasteiger partial charge in [0.25, 0.3) is 0 Å². The molecule has 0 radical (unpaired) electrons. The lowest BCUT2D eigenvalue weighted by atomic mass is 10.0. The number of aliphatic hydroxyl groups excluding tert-OH is 2. The maximum absolute atomic E-state index is 12.8. The molecule has 0 amide bonds. The summed E-state index contributed by atoms with van der Waals surface area (Å²) < 4.78 is 30.9. The average molecular weight is 406 g/mol. The first-order valence-corrected chi connectivity index (χ1v) is 9.24. The van der Waals surface area contributed by atoms with E-state index < -0.39 is 18.3 Å². The summed E-state index contributed by atoms with van der Waals surface area (Å²) in [5.74, 6) is -0.551. The molecule has 0 saturated carbocycles. The highest BCUT2D eigenvalue weighted by Gasteiger charge is 2.35. The van der Waals surface area contributed by atoms with Crippen LogP contribution in [0, 0.1) is 18.7 Å². The Balaban J connectivity index is 0.000000284. The Morgan fingerprint density at radius 2 is 1.93 bits per heavy atom. The Bertz CT molecular complexity index is 747.